The second-order valence-corrected chi connectivity index (χ2v) is 6.30. The van der Waals surface area contributed by atoms with Crippen molar-refractivity contribution in [3.05, 3.63) is 0 Å². The lowest BCUT2D eigenvalue weighted by molar-refractivity contribution is -0.347. The Labute approximate surface area is 71.1 Å². The van der Waals surface area contributed by atoms with Gasteiger partial charge in [-0.2, -0.15) is 0 Å². The van der Waals surface area contributed by atoms with Crippen molar-refractivity contribution in [3.63, 3.8) is 0 Å². The van der Waals surface area contributed by atoms with Gasteiger partial charge in [0.1, 0.15) is 0 Å². The van der Waals surface area contributed by atoms with Crippen LogP contribution in [-0.4, -0.2) is 29.6 Å². The van der Waals surface area contributed by atoms with Gasteiger partial charge in [-0.1, -0.05) is 17.5 Å². The van der Waals surface area contributed by atoms with Gasteiger partial charge in [-0.15, -0.1) is 0 Å². The fourth-order valence-corrected chi connectivity index (χ4v) is 4.18. The van der Waals surface area contributed by atoms with Crippen molar-refractivity contribution in [2.75, 3.05) is 0 Å². The van der Waals surface area contributed by atoms with E-state index in [0.717, 1.165) is 18.1 Å². The van der Waals surface area contributed by atoms with Gasteiger partial charge < -0.3 is 12.6 Å². The first-order chi connectivity index (χ1) is 5.20. The molecule has 0 radical (unpaired) electrons. The van der Waals surface area contributed by atoms with Crippen LogP contribution in [0.1, 0.15) is 12.8 Å². The third kappa shape index (κ3) is 1.36. The van der Waals surface area contributed by atoms with Gasteiger partial charge in [-0.3, -0.25) is 4.46 Å². The molecule has 0 aromatic carbocycles. The predicted octanol–water partition coefficient (Wildman–Crippen LogP) is 0.534. The molecule has 0 N–H and O–H groups in total. The van der Waals surface area contributed by atoms with Crippen LogP contribution in [0.2, 0.25) is 11.1 Å². The minimum Gasteiger partial charge on any atom is -0.437 e. The van der Waals surface area contributed by atoms with Crippen molar-refractivity contribution in [2.45, 2.75) is 29.9 Å². The van der Waals surface area contributed by atoms with E-state index >= 15 is 0 Å². The lowest BCUT2D eigenvalue weighted by Crippen LogP contribution is -2.58. The fraction of sp³-hybridized carbons (Fsp3) is 1.00. The van der Waals surface area contributed by atoms with Crippen molar-refractivity contribution in [3.8, 4) is 0 Å². The van der Waals surface area contributed by atoms with Crippen LogP contribution in [0.15, 0.2) is 0 Å². The van der Waals surface area contributed by atoms with E-state index in [1.165, 1.54) is 0 Å². The number of hydrogen-bond donors (Lipinski definition) is 0. The third-order valence-corrected chi connectivity index (χ3v) is 4.89. The topological polar surface area (TPSA) is 44.8 Å². The summed E-state index contributed by atoms with van der Waals surface area (Å²) in [5, 5.41) is 1.16. The summed E-state index contributed by atoms with van der Waals surface area (Å²) in [5.41, 5.74) is 0. The van der Waals surface area contributed by atoms with Crippen LogP contribution in [-0.2, 0) is 17.1 Å². The van der Waals surface area contributed by atoms with E-state index in [1.807, 2.05) is 0 Å². The van der Waals surface area contributed by atoms with Gasteiger partial charge in [0.05, 0.1) is 0 Å². The highest BCUT2D eigenvalue weighted by Gasteiger charge is 2.54. The van der Waals surface area contributed by atoms with E-state index in [0.29, 0.717) is 0 Å². The first-order valence-corrected chi connectivity index (χ1v) is 7.47. The Morgan fingerprint density at radius 3 is 2.82 bits per heavy atom. The molecule has 1 spiro atoms. The number of hydrogen-bond acceptors (Lipinski definition) is 4. The van der Waals surface area contributed by atoms with Crippen molar-refractivity contribution in [2.24, 2.45) is 0 Å². The maximum atomic E-state index is 10.6. The standard InChI is InChI=1S/C4H6O4Si.CH3.Al/c1-2-3-4(5)7-9(6)8-4;;/h1-3H2;1H3;/q-1;;+1. The van der Waals surface area contributed by atoms with E-state index in [9.17, 15) is 4.46 Å². The molecule has 0 bridgehead atoms. The van der Waals surface area contributed by atoms with E-state index in [2.05, 4.69) is 5.79 Å². The van der Waals surface area contributed by atoms with E-state index in [-0.39, 0.29) is 0 Å². The van der Waals surface area contributed by atoms with Gasteiger partial charge in [0.15, 0.2) is 0 Å². The predicted molar refractivity (Wildman–Crippen MR) is 38.1 cm³/mol. The smallest absolute Gasteiger partial charge is 0.437 e. The average molecular weight is 188 g/mol. The lowest BCUT2D eigenvalue weighted by Gasteiger charge is -2.44. The normalized spacial score (nSPS) is 27.4. The van der Waals surface area contributed by atoms with Crippen molar-refractivity contribution >= 4 is 23.7 Å². The molecule has 60 valence electrons. The minimum absolute atomic E-state index is 0.737. The Morgan fingerprint density at radius 1 is 1.55 bits per heavy atom. The van der Waals surface area contributed by atoms with E-state index in [1.54, 1.807) is 0 Å². The molecule has 6 heteroatoms. The Hall–Kier alpha value is 0.109. The summed E-state index contributed by atoms with van der Waals surface area (Å²) >= 11 is -1.09. The SMILES string of the molecule is [CH3][Al]1[CH2]CCC2([O]1)O[Si](=O)O2. The van der Waals surface area contributed by atoms with Gasteiger partial charge in [0.2, 0.25) is 0 Å². The largest absolute Gasteiger partial charge is 0.776 e. The highest BCUT2D eigenvalue weighted by atomic mass is 28.3. The van der Waals surface area contributed by atoms with Crippen LogP contribution in [0.3, 0.4) is 0 Å². The first-order valence-electron chi connectivity index (χ1n) is 3.80. The summed E-state index contributed by atoms with van der Waals surface area (Å²) in [7, 11) is -2.18. The van der Waals surface area contributed by atoms with E-state index < -0.39 is 29.6 Å². The molecular formula is C5H9AlO4Si. The molecule has 2 fully saturated rings. The summed E-state index contributed by atoms with van der Waals surface area (Å²) < 4.78 is 26.0. The molecular weight excluding hydrogens is 179 g/mol. The summed E-state index contributed by atoms with van der Waals surface area (Å²) in [6, 6.07) is 0. The molecule has 2 saturated heterocycles. The molecule has 11 heavy (non-hydrogen) atoms. The van der Waals surface area contributed by atoms with Crippen LogP contribution in [0, 0.1) is 0 Å². The molecule has 0 atom stereocenters. The monoisotopic (exact) mass is 188 g/mol. The molecule has 0 saturated carbocycles. The first kappa shape index (κ1) is 7.74. The highest BCUT2D eigenvalue weighted by molar-refractivity contribution is 6.50. The molecule has 2 aliphatic rings. The van der Waals surface area contributed by atoms with Crippen LogP contribution in [0.5, 0.6) is 0 Å². The molecule has 0 aromatic rings. The molecule has 2 rings (SSSR count). The van der Waals surface area contributed by atoms with Gasteiger partial charge >= 0.3 is 29.6 Å². The quantitative estimate of drug-likeness (QED) is 0.520. The van der Waals surface area contributed by atoms with Gasteiger partial charge in [-0.05, 0) is 0 Å². The van der Waals surface area contributed by atoms with Gasteiger partial charge in [-0.25, -0.2) is 0 Å². The summed E-state index contributed by atoms with van der Waals surface area (Å²) in [6.45, 7) is 0. The zero-order chi connectivity index (χ0) is 7.90. The molecule has 0 unspecified atom stereocenters. The maximum absolute atomic E-state index is 10.6. The maximum Gasteiger partial charge on any atom is 0.776 e. The zero-order valence-corrected chi connectivity index (χ0v) is 8.49. The van der Waals surface area contributed by atoms with Crippen LogP contribution in [0.4, 0.5) is 0 Å². The average Bonchev–Trinajstić information content (AvgIpc) is 1.84. The zero-order valence-electron chi connectivity index (χ0n) is 6.33. The Bertz CT molecular complexity index is 189. The van der Waals surface area contributed by atoms with Crippen molar-refractivity contribution < 1.29 is 17.1 Å². The van der Waals surface area contributed by atoms with Crippen LogP contribution >= 0.6 is 0 Å². The van der Waals surface area contributed by atoms with Crippen LogP contribution in [0.25, 0.3) is 0 Å². The Kier molecular flexibility index (Phi) is 1.80. The van der Waals surface area contributed by atoms with Crippen LogP contribution < -0.4 is 0 Å². The summed E-state index contributed by atoms with van der Waals surface area (Å²) in [5.74, 6) is 1.24. The second kappa shape index (κ2) is 2.56. The lowest BCUT2D eigenvalue weighted by atomic mass is 10.3. The number of rotatable bonds is 0. The molecule has 2 heterocycles. The van der Waals surface area contributed by atoms with Crippen molar-refractivity contribution in [1.29, 1.82) is 0 Å². The Morgan fingerprint density at radius 2 is 2.27 bits per heavy atom. The van der Waals surface area contributed by atoms with Gasteiger partial charge in [0.25, 0.3) is 0 Å². The molecule has 2 aliphatic heterocycles. The van der Waals surface area contributed by atoms with E-state index in [4.69, 9.17) is 12.6 Å². The molecule has 0 aromatic heterocycles. The summed E-state index contributed by atoms with van der Waals surface area (Å²) in [6.07, 6.45) is 1.81. The third-order valence-electron chi connectivity index (χ3n) is 1.95. The highest BCUT2D eigenvalue weighted by Crippen LogP contribution is 2.35. The molecule has 0 amide bonds. The minimum atomic E-state index is -2.18. The molecule has 0 aliphatic carbocycles. The molecule has 4 nitrogen and oxygen atoms in total. The fourth-order valence-electron chi connectivity index (χ4n) is 1.44. The summed E-state index contributed by atoms with van der Waals surface area (Å²) in [4.78, 5) is 0. The van der Waals surface area contributed by atoms with Crippen molar-refractivity contribution in [1.82, 2.24) is 0 Å². The second-order valence-electron chi connectivity index (χ2n) is 2.96. The Balaban J connectivity index is 1.98. The van der Waals surface area contributed by atoms with Gasteiger partial charge in [0, 0.05) is 6.42 Å².